The number of hydrogen-bond acceptors (Lipinski definition) is 3. The molecule has 2 amide bonds. The Morgan fingerprint density at radius 3 is 2.39 bits per heavy atom. The maximum absolute atomic E-state index is 13.3. The van der Waals surface area contributed by atoms with Gasteiger partial charge in [-0.05, 0) is 48.9 Å². The van der Waals surface area contributed by atoms with E-state index in [1.54, 1.807) is 11.8 Å². The first kappa shape index (κ1) is 25.8. The topological polar surface area (TPSA) is 49.4 Å². The molecule has 33 heavy (non-hydrogen) atoms. The summed E-state index contributed by atoms with van der Waals surface area (Å²) in [5, 5.41) is 3.25. The number of amides is 2. The lowest BCUT2D eigenvalue weighted by molar-refractivity contribution is -0.139. The number of thioether (sulfide) groups is 1. The first-order chi connectivity index (χ1) is 16.1. The van der Waals surface area contributed by atoms with E-state index in [1.807, 2.05) is 42.2 Å². The second-order valence-electron chi connectivity index (χ2n) is 8.71. The lowest BCUT2D eigenvalue weighted by Gasteiger charge is -2.32. The van der Waals surface area contributed by atoms with Crippen molar-refractivity contribution in [3.63, 3.8) is 0 Å². The average molecular weight is 532 g/mol. The smallest absolute Gasteiger partial charge is 0.243 e. The second kappa shape index (κ2) is 13.8. The maximum Gasteiger partial charge on any atom is 0.243 e. The van der Waals surface area contributed by atoms with Gasteiger partial charge in [0.1, 0.15) is 6.04 Å². The molecule has 0 spiro atoms. The molecule has 0 aromatic heterocycles. The quantitative estimate of drug-likeness (QED) is 0.388. The number of nitrogens with one attached hydrogen (secondary N) is 1. The zero-order valence-electron chi connectivity index (χ0n) is 19.5. The number of hydrogen-bond donors (Lipinski definition) is 1. The molecule has 1 N–H and O–H groups in total. The van der Waals surface area contributed by atoms with E-state index in [2.05, 4.69) is 45.5 Å². The Bertz CT molecular complexity index is 869. The molecule has 0 bridgehead atoms. The zero-order valence-corrected chi connectivity index (χ0v) is 21.9. The van der Waals surface area contributed by atoms with Crippen LogP contribution in [0.4, 0.5) is 0 Å². The molecule has 1 atom stereocenters. The molecule has 0 unspecified atom stereocenters. The van der Waals surface area contributed by atoms with E-state index in [0.717, 1.165) is 29.5 Å². The van der Waals surface area contributed by atoms with Crippen molar-refractivity contribution in [1.82, 2.24) is 10.2 Å². The first-order valence-corrected chi connectivity index (χ1v) is 14.0. The molecule has 4 nitrogen and oxygen atoms in total. The minimum Gasteiger partial charge on any atom is -0.352 e. The molecular formula is C27H35BrN2O2S. The summed E-state index contributed by atoms with van der Waals surface area (Å²) >= 11 is 5.07. The monoisotopic (exact) mass is 530 g/mol. The van der Waals surface area contributed by atoms with Gasteiger partial charge in [0.2, 0.25) is 11.8 Å². The Labute approximate surface area is 211 Å². The average Bonchev–Trinajstić information content (AvgIpc) is 2.84. The van der Waals surface area contributed by atoms with Gasteiger partial charge in [-0.15, -0.1) is 11.8 Å². The van der Waals surface area contributed by atoms with Crippen LogP contribution in [0.2, 0.25) is 0 Å². The van der Waals surface area contributed by atoms with Crippen LogP contribution in [0.3, 0.4) is 0 Å². The highest BCUT2D eigenvalue weighted by Gasteiger charge is 2.29. The molecule has 1 saturated carbocycles. The van der Waals surface area contributed by atoms with Crippen LogP contribution in [-0.2, 0) is 21.8 Å². The highest BCUT2D eigenvalue weighted by Crippen LogP contribution is 2.20. The van der Waals surface area contributed by atoms with Crippen molar-refractivity contribution in [2.45, 2.75) is 69.7 Å². The van der Waals surface area contributed by atoms with Gasteiger partial charge >= 0.3 is 0 Å². The van der Waals surface area contributed by atoms with E-state index in [0.29, 0.717) is 18.7 Å². The Kier molecular flexibility index (Phi) is 10.8. The van der Waals surface area contributed by atoms with Gasteiger partial charge < -0.3 is 10.2 Å². The summed E-state index contributed by atoms with van der Waals surface area (Å²) in [7, 11) is 0. The van der Waals surface area contributed by atoms with E-state index in [4.69, 9.17) is 0 Å². The van der Waals surface area contributed by atoms with Crippen molar-refractivity contribution in [3.8, 4) is 0 Å². The standard InChI is InChI=1S/C27H35BrN2O2S/c1-2-25(27(32)29-24-11-7-4-8-12-24)30(18-17-21-9-5-3-6-10-21)26(31)20-33-19-22-13-15-23(28)16-14-22/h3,5-6,9-10,13-16,24-25H,2,4,7-8,11-12,17-20H2,1H3,(H,29,32)/t25-/m0/s1. The molecule has 3 rings (SSSR count). The molecule has 178 valence electrons. The summed E-state index contributed by atoms with van der Waals surface area (Å²) in [4.78, 5) is 28.4. The van der Waals surface area contributed by atoms with Crippen LogP contribution in [-0.4, -0.2) is 41.1 Å². The lowest BCUT2D eigenvalue weighted by atomic mass is 9.95. The normalized spacial score (nSPS) is 15.1. The van der Waals surface area contributed by atoms with Gasteiger partial charge in [0.05, 0.1) is 5.75 Å². The third-order valence-electron chi connectivity index (χ3n) is 6.23. The summed E-state index contributed by atoms with van der Waals surface area (Å²) in [6.07, 6.45) is 7.05. The molecule has 0 radical (unpaired) electrons. The molecule has 2 aromatic carbocycles. The van der Waals surface area contributed by atoms with E-state index in [1.165, 1.54) is 30.4 Å². The molecule has 0 aliphatic heterocycles. The fourth-order valence-electron chi connectivity index (χ4n) is 4.36. The number of rotatable bonds is 11. The minimum absolute atomic E-state index is 0.00345. The molecule has 0 saturated heterocycles. The van der Waals surface area contributed by atoms with Crippen LogP contribution < -0.4 is 5.32 Å². The largest absolute Gasteiger partial charge is 0.352 e. The number of nitrogens with zero attached hydrogens (tertiary/aromatic N) is 1. The van der Waals surface area contributed by atoms with Gasteiger partial charge in [-0.1, -0.05) is 84.6 Å². The third kappa shape index (κ3) is 8.49. The van der Waals surface area contributed by atoms with Crippen molar-refractivity contribution in [3.05, 3.63) is 70.2 Å². The van der Waals surface area contributed by atoms with Gasteiger partial charge in [-0.3, -0.25) is 9.59 Å². The molecular weight excluding hydrogens is 496 g/mol. The predicted octanol–water partition coefficient (Wildman–Crippen LogP) is 5.98. The Morgan fingerprint density at radius 1 is 1.03 bits per heavy atom. The number of carbonyl (C=O) groups excluding carboxylic acids is 2. The fraction of sp³-hybridized carbons (Fsp3) is 0.481. The summed E-state index contributed by atoms with van der Waals surface area (Å²) in [6, 6.07) is 18.2. The molecule has 0 heterocycles. The Balaban J connectivity index is 1.64. The number of halogens is 1. The van der Waals surface area contributed by atoms with Crippen LogP contribution in [0.25, 0.3) is 0 Å². The Hall–Kier alpha value is -1.79. The van der Waals surface area contributed by atoms with Crippen LogP contribution in [0, 0.1) is 0 Å². The lowest BCUT2D eigenvalue weighted by Crippen LogP contribution is -2.52. The van der Waals surface area contributed by atoms with Crippen molar-refractivity contribution < 1.29 is 9.59 Å². The van der Waals surface area contributed by atoms with Crippen molar-refractivity contribution in [1.29, 1.82) is 0 Å². The van der Waals surface area contributed by atoms with Crippen molar-refractivity contribution in [2.24, 2.45) is 0 Å². The number of carbonyl (C=O) groups is 2. The van der Waals surface area contributed by atoms with Gasteiger partial charge in [-0.25, -0.2) is 0 Å². The number of benzene rings is 2. The summed E-state index contributed by atoms with van der Waals surface area (Å²) in [5.41, 5.74) is 2.37. The highest BCUT2D eigenvalue weighted by molar-refractivity contribution is 9.10. The molecule has 1 aliphatic carbocycles. The van der Waals surface area contributed by atoms with Gasteiger partial charge in [0.15, 0.2) is 0 Å². The second-order valence-corrected chi connectivity index (χ2v) is 10.6. The van der Waals surface area contributed by atoms with Crippen LogP contribution in [0.15, 0.2) is 59.1 Å². The van der Waals surface area contributed by atoms with Crippen LogP contribution in [0.5, 0.6) is 0 Å². The molecule has 6 heteroatoms. The predicted molar refractivity (Wildman–Crippen MR) is 141 cm³/mol. The van der Waals surface area contributed by atoms with E-state index in [-0.39, 0.29) is 17.9 Å². The summed E-state index contributed by atoms with van der Waals surface area (Å²) in [5.74, 6) is 1.19. The SMILES string of the molecule is CC[C@@H](C(=O)NC1CCCCC1)N(CCc1ccccc1)C(=O)CSCc1ccc(Br)cc1. The summed E-state index contributed by atoms with van der Waals surface area (Å²) in [6.45, 7) is 2.56. The van der Waals surface area contributed by atoms with Crippen LogP contribution in [0.1, 0.15) is 56.6 Å². The zero-order chi connectivity index (χ0) is 23.5. The maximum atomic E-state index is 13.3. The third-order valence-corrected chi connectivity index (χ3v) is 7.75. The first-order valence-electron chi connectivity index (χ1n) is 12.0. The molecule has 2 aromatic rings. The highest BCUT2D eigenvalue weighted by atomic mass is 79.9. The van der Waals surface area contributed by atoms with Gasteiger partial charge in [0, 0.05) is 22.8 Å². The van der Waals surface area contributed by atoms with Crippen molar-refractivity contribution in [2.75, 3.05) is 12.3 Å². The van der Waals surface area contributed by atoms with E-state index >= 15 is 0 Å². The fourth-order valence-corrected chi connectivity index (χ4v) is 5.49. The molecule has 1 aliphatic rings. The molecule has 1 fully saturated rings. The van der Waals surface area contributed by atoms with Gasteiger partial charge in [0.25, 0.3) is 0 Å². The van der Waals surface area contributed by atoms with Crippen molar-refractivity contribution >= 4 is 39.5 Å². The van der Waals surface area contributed by atoms with E-state index in [9.17, 15) is 9.59 Å². The van der Waals surface area contributed by atoms with E-state index < -0.39 is 6.04 Å². The summed E-state index contributed by atoms with van der Waals surface area (Å²) < 4.78 is 1.05. The Morgan fingerprint density at radius 2 is 1.73 bits per heavy atom. The van der Waals surface area contributed by atoms with Gasteiger partial charge in [-0.2, -0.15) is 0 Å². The van der Waals surface area contributed by atoms with Crippen LogP contribution >= 0.6 is 27.7 Å². The minimum atomic E-state index is -0.420.